The number of methoxy groups -OCH3 is 2. The number of benzene rings is 3. The number of nitrogens with one attached hydrogen (secondary N) is 2. The summed E-state index contributed by atoms with van der Waals surface area (Å²) in [5.41, 5.74) is -0.927. The number of carboxylic acids is 1. The predicted molar refractivity (Wildman–Crippen MR) is 202 cm³/mol. The van der Waals surface area contributed by atoms with Crippen LogP contribution in [0, 0.1) is 17.3 Å². The number of hydrogen-bond donors (Lipinski definition) is 3. The molecule has 2 aromatic heterocycles. The van der Waals surface area contributed by atoms with Gasteiger partial charge < -0.3 is 24.1 Å². The van der Waals surface area contributed by atoms with Gasteiger partial charge in [-0.05, 0) is 53.8 Å². The Bertz CT molecular complexity index is 2100. The maximum atomic E-state index is 13.5. The lowest BCUT2D eigenvalue weighted by molar-refractivity contribution is -0.146. The van der Waals surface area contributed by atoms with Gasteiger partial charge in [0, 0.05) is 0 Å². The number of aliphatic carboxylic acids is 1. The van der Waals surface area contributed by atoms with Crippen LogP contribution in [0.15, 0.2) is 90.0 Å². The van der Waals surface area contributed by atoms with Crippen LogP contribution in [0.3, 0.4) is 0 Å². The van der Waals surface area contributed by atoms with Crippen molar-refractivity contribution in [1.29, 1.82) is 0 Å². The quantitative estimate of drug-likeness (QED) is 0.0798. The first-order valence-electron chi connectivity index (χ1n) is 17.9. The number of imidazole rings is 1. The second-order valence-corrected chi connectivity index (χ2v) is 14.2. The molecule has 0 aliphatic carbocycles. The van der Waals surface area contributed by atoms with Gasteiger partial charge in [0.05, 0.1) is 33.3 Å². The predicted octanol–water partition coefficient (Wildman–Crippen LogP) is 6.49. The van der Waals surface area contributed by atoms with Crippen LogP contribution in [0.2, 0.25) is 0 Å². The second kappa shape index (κ2) is 15.4. The van der Waals surface area contributed by atoms with Gasteiger partial charge in [-0.2, -0.15) is 4.98 Å². The molecule has 1 aliphatic rings. The highest BCUT2D eigenvalue weighted by Gasteiger charge is 2.40. The maximum Gasteiger partial charge on any atom is 0.280 e. The first kappa shape index (κ1) is 38.2. The van der Waals surface area contributed by atoms with Gasteiger partial charge >= 0.3 is 0 Å². The van der Waals surface area contributed by atoms with E-state index in [1.807, 2.05) is 78.9 Å². The molecule has 0 radical (unpaired) electrons. The molecule has 0 spiro atoms. The first-order valence-corrected chi connectivity index (χ1v) is 17.9. The van der Waals surface area contributed by atoms with Gasteiger partial charge in [0.1, 0.15) is 23.3 Å². The van der Waals surface area contributed by atoms with Crippen LogP contribution < -0.4 is 20.3 Å². The van der Waals surface area contributed by atoms with Crippen molar-refractivity contribution in [3.05, 3.63) is 119 Å². The monoisotopic (exact) mass is 736 g/mol. The van der Waals surface area contributed by atoms with Gasteiger partial charge in [-0.3, -0.25) is 35.7 Å². The molecule has 54 heavy (non-hydrogen) atoms. The Balaban J connectivity index is 1.27. The fourth-order valence-corrected chi connectivity index (χ4v) is 6.94. The number of amides is 1. The molecule has 284 valence electrons. The van der Waals surface area contributed by atoms with Crippen molar-refractivity contribution in [1.82, 2.24) is 19.5 Å². The summed E-state index contributed by atoms with van der Waals surface area (Å²) < 4.78 is 26.2. The van der Waals surface area contributed by atoms with Crippen molar-refractivity contribution in [2.45, 2.75) is 64.9 Å². The summed E-state index contributed by atoms with van der Waals surface area (Å²) in [6, 6.07) is 25.7. The Morgan fingerprint density at radius 1 is 0.944 bits per heavy atom. The average molecular weight is 737 g/mol. The first-order chi connectivity index (χ1) is 25.8. The Labute approximate surface area is 313 Å². The van der Waals surface area contributed by atoms with Gasteiger partial charge in [-0.25, -0.2) is 4.98 Å². The third-order valence-corrected chi connectivity index (χ3v) is 10.2. The molecule has 3 heterocycles. The van der Waals surface area contributed by atoms with Gasteiger partial charge in [-0.15, -0.1) is 0 Å². The van der Waals surface area contributed by atoms with Crippen molar-refractivity contribution in [3.63, 3.8) is 0 Å². The fraction of sp³-hybridized carbons (Fsp3) is 0.366. The Kier molecular flexibility index (Phi) is 10.9. The number of carbonyl (C=O) groups is 2. The van der Waals surface area contributed by atoms with E-state index in [9.17, 15) is 19.5 Å². The molecule has 3 atom stereocenters. The lowest BCUT2D eigenvalue weighted by atomic mass is 9.72. The molecule has 3 aromatic carbocycles. The average Bonchev–Trinajstić information content (AvgIpc) is 3.83. The summed E-state index contributed by atoms with van der Waals surface area (Å²) in [5, 5.41) is 12.4. The van der Waals surface area contributed by atoms with E-state index in [0.717, 1.165) is 28.2 Å². The van der Waals surface area contributed by atoms with E-state index < -0.39 is 40.1 Å². The van der Waals surface area contributed by atoms with Crippen LogP contribution in [0.25, 0.3) is 11.2 Å². The van der Waals surface area contributed by atoms with Crippen LogP contribution in [0.5, 0.6) is 11.5 Å². The Morgan fingerprint density at radius 2 is 1.54 bits per heavy atom. The highest BCUT2D eigenvalue weighted by atomic mass is 16.6. The molecule has 6 rings (SSSR count). The molecule has 1 saturated heterocycles. The van der Waals surface area contributed by atoms with E-state index in [0.29, 0.717) is 19.3 Å². The zero-order valence-electron chi connectivity index (χ0n) is 31.3. The lowest BCUT2D eigenvalue weighted by Crippen LogP contribution is -2.41. The summed E-state index contributed by atoms with van der Waals surface area (Å²) >= 11 is 0. The highest BCUT2D eigenvalue weighted by Crippen LogP contribution is 2.43. The number of nitrogens with zero attached hydrogens (tertiary/aromatic N) is 3. The highest BCUT2D eigenvalue weighted by molar-refractivity contribution is 5.96. The molecule has 5 aromatic rings. The number of H-pyrrole nitrogens is 1. The van der Waals surface area contributed by atoms with Crippen molar-refractivity contribution < 1.29 is 33.6 Å². The lowest BCUT2D eigenvalue weighted by Gasteiger charge is -2.43. The number of ether oxygens (including phenoxy) is 4. The Hall–Kier alpha value is -5.53. The molecule has 3 N–H and O–H groups in total. The minimum Gasteiger partial charge on any atom is -0.497 e. The summed E-state index contributed by atoms with van der Waals surface area (Å²) in [6.45, 7) is 6.72. The molecule has 3 unspecified atom stereocenters. The van der Waals surface area contributed by atoms with Crippen LogP contribution >= 0.6 is 0 Å². The van der Waals surface area contributed by atoms with E-state index in [-0.39, 0.29) is 29.8 Å². The van der Waals surface area contributed by atoms with Gasteiger partial charge in [0.25, 0.3) is 11.5 Å². The van der Waals surface area contributed by atoms with Crippen LogP contribution in [-0.2, 0) is 24.7 Å². The van der Waals surface area contributed by atoms with E-state index in [2.05, 4.69) is 20.3 Å². The summed E-state index contributed by atoms with van der Waals surface area (Å²) in [6.07, 6.45) is 3.73. The van der Waals surface area contributed by atoms with Gasteiger partial charge in [0.2, 0.25) is 11.9 Å². The SMILES string of the molecule is CCC(C)([CH-]C(C)(C)C(=O)O)C(=O)Nc1nc2c(ncn2C2CCC(COC(c3ccccc3)(c3ccc(OC)cc3)c3ccc(OC)cc3)O2)c(=O)[nH]1. The van der Waals surface area contributed by atoms with E-state index in [1.165, 1.54) is 26.6 Å². The van der Waals surface area contributed by atoms with Crippen molar-refractivity contribution in [3.8, 4) is 11.5 Å². The normalized spacial score (nSPS) is 17.2. The van der Waals surface area contributed by atoms with Crippen molar-refractivity contribution >= 4 is 29.0 Å². The molecule has 1 aliphatic heterocycles. The van der Waals surface area contributed by atoms with Crippen molar-refractivity contribution in [2.75, 3.05) is 26.1 Å². The fourth-order valence-electron chi connectivity index (χ4n) is 6.94. The number of fused-ring (bicyclic) bond motifs is 1. The summed E-state index contributed by atoms with van der Waals surface area (Å²) in [4.78, 5) is 49.9. The largest absolute Gasteiger partial charge is 0.497 e. The number of anilines is 1. The zero-order chi connectivity index (χ0) is 38.7. The van der Waals surface area contributed by atoms with Crippen LogP contribution in [0.4, 0.5) is 5.95 Å². The summed E-state index contributed by atoms with van der Waals surface area (Å²) in [7, 11) is 3.26. The van der Waals surface area contributed by atoms with E-state index in [1.54, 1.807) is 32.6 Å². The third kappa shape index (κ3) is 7.46. The molecule has 13 nitrogen and oxygen atoms in total. The number of carboxylic acid groups (broad SMARTS) is 1. The molecule has 0 bridgehead atoms. The maximum absolute atomic E-state index is 13.5. The minimum absolute atomic E-state index is 0.0787. The molecule has 1 amide bonds. The zero-order valence-corrected chi connectivity index (χ0v) is 31.3. The van der Waals surface area contributed by atoms with Gasteiger partial charge in [0.15, 0.2) is 11.2 Å². The number of carbonyl (C=O) groups excluding carboxylic acids is 1. The van der Waals surface area contributed by atoms with E-state index in [4.69, 9.17) is 18.9 Å². The second-order valence-electron chi connectivity index (χ2n) is 14.2. The standard InChI is InChI=1S/C41H46N5O8/c1-7-40(4,24-39(2,3)37(49)50)36(48)45-38-43-34-33(35(47)44-38)42-25-46(34)32-22-21-31(54-32)23-53-41(26-11-9-8-10-12-26,27-13-17-29(51-5)18-14-27)28-15-19-30(52-6)20-16-28/h8-20,24-25,31-32H,7,21-23H2,1-6H3,(H,49,50)(H2,43,44,45,47,48)/q-1. The molecular weight excluding hydrogens is 690 g/mol. The molecule has 13 heteroatoms. The molecule has 1 fully saturated rings. The summed E-state index contributed by atoms with van der Waals surface area (Å²) in [5.74, 6) is -0.193. The molecular formula is C41H46N5O8-. The third-order valence-electron chi connectivity index (χ3n) is 10.2. The number of rotatable bonds is 15. The Morgan fingerprint density at radius 3 is 2.09 bits per heavy atom. The smallest absolute Gasteiger partial charge is 0.280 e. The van der Waals surface area contributed by atoms with Crippen molar-refractivity contribution in [2.24, 2.45) is 10.8 Å². The van der Waals surface area contributed by atoms with E-state index >= 15 is 0 Å². The number of aromatic amines is 1. The number of aromatic nitrogens is 4. The number of hydrogen-bond acceptors (Lipinski definition) is 9. The minimum atomic E-state index is -1.27. The molecule has 0 saturated carbocycles. The van der Waals surface area contributed by atoms with Gasteiger partial charge in [-0.1, -0.05) is 99.5 Å². The van der Waals surface area contributed by atoms with Crippen LogP contribution in [-0.4, -0.2) is 63.4 Å². The van der Waals surface area contributed by atoms with Crippen LogP contribution in [0.1, 0.15) is 69.9 Å². The topological polar surface area (TPSA) is 167 Å².